The van der Waals surface area contributed by atoms with Crippen molar-refractivity contribution in [1.29, 1.82) is 0 Å². The number of hydrogen-bond donors (Lipinski definition) is 0. The summed E-state index contributed by atoms with van der Waals surface area (Å²) in [5, 5.41) is -0.261. The summed E-state index contributed by atoms with van der Waals surface area (Å²) in [5.41, 5.74) is 3.76. The van der Waals surface area contributed by atoms with Gasteiger partial charge >= 0.3 is 0 Å². The van der Waals surface area contributed by atoms with Gasteiger partial charge in [0, 0.05) is 0 Å². The molecule has 0 heterocycles. The number of carbonyl (C=O) groups is 1. The maximum atomic E-state index is 12.4. The molecular formula is C18H17ClO. The third-order valence-corrected chi connectivity index (χ3v) is 4.63. The Labute approximate surface area is 124 Å². The summed E-state index contributed by atoms with van der Waals surface area (Å²) in [4.78, 5) is 12.4. The summed E-state index contributed by atoms with van der Waals surface area (Å²) in [5.74, 6) is 0. The van der Waals surface area contributed by atoms with Crippen molar-refractivity contribution in [1.82, 2.24) is 0 Å². The lowest BCUT2D eigenvalue weighted by atomic mass is 9.75. The number of halogens is 1. The third-order valence-electron chi connectivity index (χ3n) is 4.30. The number of unbranched alkanes of at least 4 members (excludes halogenated alkanes) is 1. The lowest BCUT2D eigenvalue weighted by Gasteiger charge is -2.27. The van der Waals surface area contributed by atoms with Gasteiger partial charge in [0.15, 0.2) is 0 Å². The first-order valence-corrected chi connectivity index (χ1v) is 7.49. The van der Waals surface area contributed by atoms with Gasteiger partial charge in [0.2, 0.25) is 5.24 Å². The molecule has 0 N–H and O–H groups in total. The van der Waals surface area contributed by atoms with Crippen LogP contribution < -0.4 is 0 Å². The van der Waals surface area contributed by atoms with E-state index in [2.05, 4.69) is 19.1 Å². The van der Waals surface area contributed by atoms with Crippen molar-refractivity contribution in [2.45, 2.75) is 31.6 Å². The second-order valence-electron chi connectivity index (χ2n) is 5.37. The van der Waals surface area contributed by atoms with Crippen LogP contribution in [0.4, 0.5) is 0 Å². The number of benzene rings is 2. The smallest absolute Gasteiger partial charge is 0.236 e. The largest absolute Gasteiger partial charge is 0.280 e. The minimum Gasteiger partial charge on any atom is -0.280 e. The van der Waals surface area contributed by atoms with Gasteiger partial charge in [-0.15, -0.1) is 0 Å². The molecule has 3 rings (SSSR count). The van der Waals surface area contributed by atoms with Crippen molar-refractivity contribution in [2.24, 2.45) is 0 Å². The summed E-state index contributed by atoms with van der Waals surface area (Å²) in [6.07, 6.45) is 2.82. The highest BCUT2D eigenvalue weighted by Crippen LogP contribution is 2.52. The van der Waals surface area contributed by atoms with Crippen molar-refractivity contribution in [3.8, 4) is 11.1 Å². The average molecular weight is 285 g/mol. The predicted octanol–water partition coefficient (Wildman–Crippen LogP) is 4.91. The van der Waals surface area contributed by atoms with Crippen LogP contribution in [0.15, 0.2) is 48.5 Å². The fraction of sp³-hybridized carbons (Fsp3) is 0.278. The van der Waals surface area contributed by atoms with E-state index in [0.717, 1.165) is 41.5 Å². The fourth-order valence-electron chi connectivity index (χ4n) is 3.35. The van der Waals surface area contributed by atoms with Crippen LogP contribution in [0.3, 0.4) is 0 Å². The molecule has 20 heavy (non-hydrogen) atoms. The van der Waals surface area contributed by atoms with E-state index < -0.39 is 5.41 Å². The first kappa shape index (κ1) is 13.4. The monoisotopic (exact) mass is 284 g/mol. The van der Waals surface area contributed by atoms with Gasteiger partial charge in [0.1, 0.15) is 0 Å². The van der Waals surface area contributed by atoms with Crippen LogP contribution in [0.5, 0.6) is 0 Å². The van der Waals surface area contributed by atoms with Gasteiger partial charge in [0.05, 0.1) is 5.41 Å². The van der Waals surface area contributed by atoms with Crippen LogP contribution in [0, 0.1) is 0 Å². The van der Waals surface area contributed by atoms with Crippen LogP contribution in [0.25, 0.3) is 11.1 Å². The van der Waals surface area contributed by atoms with Crippen LogP contribution in [0.1, 0.15) is 37.3 Å². The molecule has 0 aromatic heterocycles. The Bertz CT molecular complexity index is 614. The van der Waals surface area contributed by atoms with E-state index in [1.165, 1.54) is 0 Å². The van der Waals surface area contributed by atoms with Crippen LogP contribution >= 0.6 is 11.6 Å². The van der Waals surface area contributed by atoms with E-state index in [1.807, 2.05) is 36.4 Å². The molecule has 2 heteroatoms. The van der Waals surface area contributed by atoms with E-state index in [-0.39, 0.29) is 5.24 Å². The number of rotatable bonds is 4. The second-order valence-corrected chi connectivity index (χ2v) is 5.72. The highest BCUT2D eigenvalue weighted by atomic mass is 35.5. The molecule has 2 aromatic rings. The molecule has 0 saturated carbocycles. The zero-order valence-corrected chi connectivity index (χ0v) is 12.3. The van der Waals surface area contributed by atoms with E-state index in [9.17, 15) is 4.79 Å². The number of carbonyl (C=O) groups excluding carboxylic acids is 1. The lowest BCUT2D eigenvalue weighted by molar-refractivity contribution is -0.115. The number of hydrogen-bond acceptors (Lipinski definition) is 1. The van der Waals surface area contributed by atoms with Crippen molar-refractivity contribution in [3.05, 3.63) is 59.7 Å². The van der Waals surface area contributed by atoms with Gasteiger partial charge in [0.25, 0.3) is 0 Å². The molecule has 0 spiro atoms. The molecule has 0 radical (unpaired) electrons. The average Bonchev–Trinajstić information content (AvgIpc) is 2.77. The van der Waals surface area contributed by atoms with E-state index in [4.69, 9.17) is 11.6 Å². The minimum absolute atomic E-state index is 0.261. The molecule has 1 aliphatic carbocycles. The Morgan fingerprint density at radius 3 is 1.95 bits per heavy atom. The number of fused-ring (bicyclic) bond motifs is 3. The predicted molar refractivity (Wildman–Crippen MR) is 83.0 cm³/mol. The van der Waals surface area contributed by atoms with Gasteiger partial charge in [-0.25, -0.2) is 0 Å². The maximum Gasteiger partial charge on any atom is 0.236 e. The zero-order valence-electron chi connectivity index (χ0n) is 11.5. The first-order chi connectivity index (χ1) is 9.71. The molecule has 1 aliphatic rings. The molecular weight excluding hydrogens is 268 g/mol. The van der Waals surface area contributed by atoms with E-state index in [1.54, 1.807) is 0 Å². The summed E-state index contributed by atoms with van der Waals surface area (Å²) >= 11 is 6.09. The molecule has 1 nitrogen and oxygen atoms in total. The van der Waals surface area contributed by atoms with Crippen molar-refractivity contribution in [2.75, 3.05) is 0 Å². The Morgan fingerprint density at radius 2 is 1.50 bits per heavy atom. The summed E-state index contributed by atoms with van der Waals surface area (Å²) in [6, 6.07) is 16.3. The molecule has 0 saturated heterocycles. The van der Waals surface area contributed by atoms with Crippen molar-refractivity contribution < 1.29 is 4.79 Å². The van der Waals surface area contributed by atoms with Gasteiger partial charge in [-0.1, -0.05) is 68.3 Å². The SMILES string of the molecule is CCCCC1(C(=O)Cl)c2ccccc2-c2ccccc21. The minimum atomic E-state index is -0.662. The third kappa shape index (κ3) is 1.73. The topological polar surface area (TPSA) is 17.1 Å². The molecule has 2 aromatic carbocycles. The standard InChI is InChI=1S/C18H17ClO/c1-2-3-12-18(17(19)20)15-10-6-4-8-13(15)14-9-5-7-11-16(14)18/h4-11H,2-3,12H2,1H3. The van der Waals surface area contributed by atoms with Crippen LogP contribution in [-0.4, -0.2) is 5.24 Å². The summed E-state index contributed by atoms with van der Waals surface area (Å²) in [6.45, 7) is 2.14. The Balaban J connectivity index is 2.30. The zero-order chi connectivity index (χ0) is 14.2. The van der Waals surface area contributed by atoms with E-state index in [0.29, 0.717) is 0 Å². The normalized spacial score (nSPS) is 14.7. The van der Waals surface area contributed by atoms with Crippen molar-refractivity contribution in [3.63, 3.8) is 0 Å². The Hall–Kier alpha value is -1.60. The fourth-order valence-corrected chi connectivity index (χ4v) is 3.64. The highest BCUT2D eigenvalue weighted by Gasteiger charge is 2.47. The molecule has 0 unspecified atom stereocenters. The molecule has 0 fully saturated rings. The molecule has 0 aliphatic heterocycles. The van der Waals surface area contributed by atoms with Gasteiger partial charge in [-0.2, -0.15) is 0 Å². The van der Waals surface area contributed by atoms with Gasteiger partial charge in [-0.3, -0.25) is 4.79 Å². The Kier molecular flexibility index (Phi) is 3.39. The molecule has 0 atom stereocenters. The molecule has 102 valence electrons. The first-order valence-electron chi connectivity index (χ1n) is 7.11. The summed E-state index contributed by atoms with van der Waals surface area (Å²) in [7, 11) is 0. The van der Waals surface area contributed by atoms with E-state index >= 15 is 0 Å². The maximum absolute atomic E-state index is 12.4. The highest BCUT2D eigenvalue weighted by molar-refractivity contribution is 6.66. The van der Waals surface area contributed by atoms with Gasteiger partial charge in [-0.05, 0) is 40.3 Å². The van der Waals surface area contributed by atoms with Crippen molar-refractivity contribution >= 4 is 16.8 Å². The molecule has 0 bridgehead atoms. The van der Waals surface area contributed by atoms with Crippen LogP contribution in [0.2, 0.25) is 0 Å². The second kappa shape index (κ2) is 5.06. The van der Waals surface area contributed by atoms with Gasteiger partial charge < -0.3 is 0 Å². The van der Waals surface area contributed by atoms with Crippen LogP contribution in [-0.2, 0) is 10.2 Å². The Morgan fingerprint density at radius 1 is 1.00 bits per heavy atom. The quantitative estimate of drug-likeness (QED) is 0.729. The lowest BCUT2D eigenvalue weighted by Crippen LogP contribution is -2.32. The molecule has 0 amide bonds. The summed E-state index contributed by atoms with van der Waals surface area (Å²) < 4.78 is 0.